The van der Waals surface area contributed by atoms with Crippen LogP contribution in [0.4, 0.5) is 0 Å². The Kier molecular flexibility index (Phi) is 11.0. The third-order valence-corrected chi connectivity index (χ3v) is 3.15. The summed E-state index contributed by atoms with van der Waals surface area (Å²) in [4.78, 5) is 21.7. The van der Waals surface area contributed by atoms with E-state index < -0.39 is 24.1 Å². The predicted octanol–water partition coefficient (Wildman–Crippen LogP) is 1.05. The second-order valence-electron chi connectivity index (χ2n) is 4.99. The minimum Gasteiger partial charge on any atom is -0.479 e. The van der Waals surface area contributed by atoms with Crippen LogP contribution in [-0.2, 0) is 9.59 Å². The number of nitrogens with one attached hydrogen (secondary N) is 1. The third kappa shape index (κ3) is 8.87. The Balaban J connectivity index is 3.50. The van der Waals surface area contributed by atoms with E-state index in [0.717, 1.165) is 19.3 Å². The van der Waals surface area contributed by atoms with Crippen LogP contribution >= 0.6 is 0 Å². The fourth-order valence-corrected chi connectivity index (χ4v) is 1.85. The maximum atomic E-state index is 11.3. The highest BCUT2D eigenvalue weighted by atomic mass is 16.4. The molecule has 0 radical (unpaired) electrons. The first-order valence-electron chi connectivity index (χ1n) is 7.37. The molecule has 0 aromatic heterocycles. The van der Waals surface area contributed by atoms with E-state index in [1.807, 2.05) is 0 Å². The summed E-state index contributed by atoms with van der Waals surface area (Å²) in [6.45, 7) is 2.57. The van der Waals surface area contributed by atoms with Gasteiger partial charge in [0.1, 0.15) is 0 Å². The third-order valence-electron chi connectivity index (χ3n) is 3.15. The number of hydrogen-bond donors (Lipinski definition) is 4. The van der Waals surface area contributed by atoms with Crippen LogP contribution in [0.15, 0.2) is 0 Å². The first kappa shape index (κ1) is 18.9. The van der Waals surface area contributed by atoms with Crippen LogP contribution in [0.5, 0.6) is 0 Å². The van der Waals surface area contributed by atoms with Gasteiger partial charge in [-0.2, -0.15) is 0 Å². The average Bonchev–Trinajstić information content (AvgIpc) is 2.43. The van der Waals surface area contributed by atoms with E-state index in [1.54, 1.807) is 0 Å². The van der Waals surface area contributed by atoms with Gasteiger partial charge in [0.05, 0.1) is 0 Å². The summed E-state index contributed by atoms with van der Waals surface area (Å²) in [6.07, 6.45) is 5.11. The molecule has 0 heterocycles. The van der Waals surface area contributed by atoms with E-state index in [0.29, 0.717) is 6.54 Å². The molecule has 6 heteroatoms. The zero-order chi connectivity index (χ0) is 15.4. The number of carbonyl (C=O) groups is 2. The number of aliphatic hydroxyl groups is 2. The Morgan fingerprint density at radius 2 is 1.40 bits per heavy atom. The number of amides is 1. The van der Waals surface area contributed by atoms with Crippen molar-refractivity contribution in [2.45, 2.75) is 70.5 Å². The first-order chi connectivity index (χ1) is 9.50. The van der Waals surface area contributed by atoms with Gasteiger partial charge < -0.3 is 20.6 Å². The number of carbonyl (C=O) groups excluding carboxylic acids is 1. The van der Waals surface area contributed by atoms with Crippen LogP contribution in [-0.4, -0.2) is 45.9 Å². The maximum Gasteiger partial charge on any atom is 0.335 e. The van der Waals surface area contributed by atoms with Crippen LogP contribution in [0.2, 0.25) is 0 Å². The minimum absolute atomic E-state index is 0.386. The topological polar surface area (TPSA) is 107 Å². The van der Waals surface area contributed by atoms with Crippen molar-refractivity contribution >= 4 is 11.9 Å². The molecule has 0 fully saturated rings. The highest BCUT2D eigenvalue weighted by Crippen LogP contribution is 2.07. The molecule has 0 aliphatic heterocycles. The van der Waals surface area contributed by atoms with Gasteiger partial charge in [0.2, 0.25) is 0 Å². The summed E-state index contributed by atoms with van der Waals surface area (Å²) in [7, 11) is 0. The maximum absolute atomic E-state index is 11.3. The molecule has 4 N–H and O–H groups in total. The Morgan fingerprint density at radius 3 is 1.90 bits per heavy atom. The van der Waals surface area contributed by atoms with E-state index >= 15 is 0 Å². The second kappa shape index (κ2) is 11.7. The fraction of sp³-hybridized carbons (Fsp3) is 0.857. The van der Waals surface area contributed by atoms with Gasteiger partial charge in [0, 0.05) is 6.54 Å². The highest BCUT2D eigenvalue weighted by molar-refractivity contribution is 5.87. The molecule has 0 aliphatic carbocycles. The molecule has 0 spiro atoms. The molecule has 0 rings (SSSR count). The molecule has 0 bridgehead atoms. The predicted molar refractivity (Wildman–Crippen MR) is 75.3 cm³/mol. The molecule has 0 unspecified atom stereocenters. The van der Waals surface area contributed by atoms with Crippen LogP contribution in [0.1, 0.15) is 58.3 Å². The Hall–Kier alpha value is -1.14. The van der Waals surface area contributed by atoms with Crippen LogP contribution in [0.3, 0.4) is 0 Å². The zero-order valence-corrected chi connectivity index (χ0v) is 12.2. The van der Waals surface area contributed by atoms with Crippen molar-refractivity contribution in [1.82, 2.24) is 5.32 Å². The molecule has 118 valence electrons. The minimum atomic E-state index is -2.08. The van der Waals surface area contributed by atoms with Crippen molar-refractivity contribution in [1.29, 1.82) is 0 Å². The van der Waals surface area contributed by atoms with Crippen molar-refractivity contribution < 1.29 is 24.9 Å². The summed E-state index contributed by atoms with van der Waals surface area (Å²) >= 11 is 0. The van der Waals surface area contributed by atoms with Crippen molar-refractivity contribution in [3.8, 4) is 0 Å². The molecule has 6 nitrogen and oxygen atoms in total. The monoisotopic (exact) mass is 289 g/mol. The van der Waals surface area contributed by atoms with Crippen molar-refractivity contribution in [2.24, 2.45) is 0 Å². The normalized spacial score (nSPS) is 13.8. The highest BCUT2D eigenvalue weighted by Gasteiger charge is 2.29. The van der Waals surface area contributed by atoms with Crippen LogP contribution in [0.25, 0.3) is 0 Å². The summed E-state index contributed by atoms with van der Waals surface area (Å²) in [6, 6.07) is 0. The molecular formula is C14H27NO5. The number of unbranched alkanes of at least 4 members (excludes halogenated alkanes) is 7. The molecule has 0 aromatic rings. The number of hydrogen-bond acceptors (Lipinski definition) is 4. The lowest BCUT2D eigenvalue weighted by molar-refractivity contribution is -0.158. The molecule has 1 amide bonds. The van der Waals surface area contributed by atoms with Gasteiger partial charge in [-0.25, -0.2) is 4.79 Å². The number of carboxylic acids is 1. The molecular weight excluding hydrogens is 262 g/mol. The Morgan fingerprint density at radius 1 is 0.900 bits per heavy atom. The standard InChI is InChI=1S/C14H27NO5/c1-2-3-4-5-6-7-8-9-10-15-13(18)11(16)12(17)14(19)20/h11-12,16-17H,2-10H2,1H3,(H,15,18)(H,19,20)/t11-,12-/m1/s1. The Bertz CT molecular complexity index is 283. The summed E-state index contributed by atoms with van der Waals surface area (Å²) in [5.41, 5.74) is 0. The molecule has 0 saturated carbocycles. The molecule has 20 heavy (non-hydrogen) atoms. The van der Waals surface area contributed by atoms with E-state index in [9.17, 15) is 14.7 Å². The summed E-state index contributed by atoms with van der Waals surface area (Å²) in [5, 5.41) is 29.1. The lowest BCUT2D eigenvalue weighted by atomic mass is 10.1. The SMILES string of the molecule is CCCCCCCCCCNC(=O)[C@H](O)[C@@H](O)C(=O)O. The van der Waals surface area contributed by atoms with E-state index in [-0.39, 0.29) is 0 Å². The summed E-state index contributed by atoms with van der Waals surface area (Å²) < 4.78 is 0. The first-order valence-corrected chi connectivity index (χ1v) is 7.37. The molecule has 2 atom stereocenters. The number of rotatable bonds is 12. The largest absolute Gasteiger partial charge is 0.479 e. The number of aliphatic hydroxyl groups excluding tert-OH is 2. The van der Waals surface area contributed by atoms with Gasteiger partial charge in [-0.3, -0.25) is 4.79 Å². The number of aliphatic carboxylic acids is 1. The van der Waals surface area contributed by atoms with Crippen molar-refractivity contribution in [2.75, 3.05) is 6.54 Å². The van der Waals surface area contributed by atoms with Gasteiger partial charge in [-0.05, 0) is 6.42 Å². The van der Waals surface area contributed by atoms with Gasteiger partial charge in [0.25, 0.3) is 5.91 Å². The van der Waals surface area contributed by atoms with Crippen molar-refractivity contribution in [3.63, 3.8) is 0 Å². The van der Waals surface area contributed by atoms with Crippen molar-refractivity contribution in [3.05, 3.63) is 0 Å². The van der Waals surface area contributed by atoms with Gasteiger partial charge in [-0.15, -0.1) is 0 Å². The smallest absolute Gasteiger partial charge is 0.335 e. The van der Waals surface area contributed by atoms with Crippen LogP contribution < -0.4 is 5.32 Å². The van der Waals surface area contributed by atoms with Crippen LogP contribution in [0, 0.1) is 0 Å². The molecule has 0 saturated heterocycles. The fourth-order valence-electron chi connectivity index (χ4n) is 1.85. The van der Waals surface area contributed by atoms with Gasteiger partial charge in [0.15, 0.2) is 12.2 Å². The summed E-state index contributed by atoms with van der Waals surface area (Å²) in [5.74, 6) is -2.46. The lowest BCUT2D eigenvalue weighted by Gasteiger charge is -2.13. The second-order valence-corrected chi connectivity index (χ2v) is 4.99. The molecule has 0 aliphatic rings. The average molecular weight is 289 g/mol. The van der Waals surface area contributed by atoms with E-state index in [4.69, 9.17) is 10.2 Å². The zero-order valence-electron chi connectivity index (χ0n) is 12.2. The van der Waals surface area contributed by atoms with E-state index in [1.165, 1.54) is 32.1 Å². The Labute approximate surface area is 120 Å². The lowest BCUT2D eigenvalue weighted by Crippen LogP contribution is -2.45. The quantitative estimate of drug-likeness (QED) is 0.402. The van der Waals surface area contributed by atoms with Gasteiger partial charge in [-0.1, -0.05) is 51.9 Å². The number of carboxylic acid groups (broad SMARTS) is 1. The van der Waals surface area contributed by atoms with E-state index in [2.05, 4.69) is 12.2 Å². The van der Waals surface area contributed by atoms with Gasteiger partial charge >= 0.3 is 5.97 Å². The molecule has 0 aromatic carbocycles.